The predicted molar refractivity (Wildman–Crippen MR) is 98.2 cm³/mol. The number of hydrogen-bond acceptors (Lipinski definition) is 3. The van der Waals surface area contributed by atoms with Crippen LogP contribution in [0.15, 0.2) is 24.3 Å². The van der Waals surface area contributed by atoms with Crippen LogP contribution in [0.4, 0.5) is 10.1 Å². The van der Waals surface area contributed by atoms with Crippen LogP contribution < -0.4 is 4.90 Å². The maximum absolute atomic E-state index is 13.5. The molecule has 4 nitrogen and oxygen atoms in total. The lowest BCUT2D eigenvalue weighted by Crippen LogP contribution is -2.39. The Bertz CT molecular complexity index is 697. The molecule has 5 heteroatoms. The van der Waals surface area contributed by atoms with Crippen LogP contribution in [0, 0.1) is 17.2 Å². The fraction of sp³-hybridized carbons (Fsp3) is 0.619. The Labute approximate surface area is 154 Å². The third kappa shape index (κ3) is 4.08. The Hall–Kier alpha value is -1.91. The largest absolute Gasteiger partial charge is 0.460 e. The average Bonchev–Trinajstić information content (AvgIpc) is 2.82. The molecule has 26 heavy (non-hydrogen) atoms. The molecule has 1 aliphatic heterocycles. The molecule has 1 aromatic carbocycles. The Morgan fingerprint density at radius 1 is 1.35 bits per heavy atom. The molecule has 1 saturated heterocycles. The van der Waals surface area contributed by atoms with E-state index in [9.17, 15) is 14.0 Å². The lowest BCUT2D eigenvalue weighted by atomic mass is 9.68. The van der Waals surface area contributed by atoms with Gasteiger partial charge in [-0.1, -0.05) is 12.5 Å². The van der Waals surface area contributed by atoms with E-state index in [0.717, 1.165) is 32.1 Å². The van der Waals surface area contributed by atoms with E-state index in [4.69, 9.17) is 4.74 Å². The highest BCUT2D eigenvalue weighted by Gasteiger charge is 2.49. The summed E-state index contributed by atoms with van der Waals surface area (Å²) in [5, 5.41) is 0. The minimum absolute atomic E-state index is 0.0805. The Morgan fingerprint density at radius 2 is 2.12 bits per heavy atom. The minimum Gasteiger partial charge on any atom is -0.460 e. The number of esters is 1. The van der Waals surface area contributed by atoms with Crippen LogP contribution in [0.3, 0.4) is 0 Å². The maximum Gasteiger partial charge on any atom is 0.306 e. The summed E-state index contributed by atoms with van der Waals surface area (Å²) in [6.45, 7) is 6.21. The molecule has 1 spiro atoms. The first-order valence-corrected chi connectivity index (χ1v) is 9.48. The molecule has 0 radical (unpaired) electrons. The molecule has 1 saturated carbocycles. The van der Waals surface area contributed by atoms with Crippen LogP contribution in [-0.4, -0.2) is 24.0 Å². The molecule has 0 bridgehead atoms. The van der Waals surface area contributed by atoms with Gasteiger partial charge in [0.25, 0.3) is 0 Å². The highest BCUT2D eigenvalue weighted by molar-refractivity contribution is 6.00. The summed E-state index contributed by atoms with van der Waals surface area (Å²) in [5.41, 5.74) is -0.265. The van der Waals surface area contributed by atoms with Gasteiger partial charge in [-0.2, -0.15) is 0 Å². The Balaban J connectivity index is 1.68. The molecule has 2 atom stereocenters. The van der Waals surface area contributed by atoms with Gasteiger partial charge in [-0.25, -0.2) is 4.39 Å². The van der Waals surface area contributed by atoms with E-state index in [2.05, 4.69) is 0 Å². The zero-order chi connectivity index (χ0) is 18.9. The van der Waals surface area contributed by atoms with Gasteiger partial charge in [-0.05, 0) is 70.6 Å². The average molecular weight is 361 g/mol. The Morgan fingerprint density at radius 3 is 2.81 bits per heavy atom. The van der Waals surface area contributed by atoms with Crippen molar-refractivity contribution in [3.8, 4) is 0 Å². The van der Waals surface area contributed by atoms with Crippen LogP contribution >= 0.6 is 0 Å². The number of ether oxygens (including phenoxy) is 1. The zero-order valence-electron chi connectivity index (χ0n) is 15.9. The highest BCUT2D eigenvalue weighted by Crippen LogP contribution is 2.48. The minimum atomic E-state index is -0.485. The second kappa shape index (κ2) is 7.01. The lowest BCUT2D eigenvalue weighted by molar-refractivity contribution is -0.157. The second-order valence-electron chi connectivity index (χ2n) is 8.72. The van der Waals surface area contributed by atoms with E-state index in [0.29, 0.717) is 18.7 Å². The van der Waals surface area contributed by atoms with E-state index >= 15 is 0 Å². The summed E-state index contributed by atoms with van der Waals surface area (Å²) in [6, 6.07) is 6.21. The first kappa shape index (κ1) is 18.9. The molecular formula is C21H28FNO3. The summed E-state index contributed by atoms with van der Waals surface area (Å²) in [7, 11) is 0. The van der Waals surface area contributed by atoms with E-state index in [1.165, 1.54) is 12.1 Å². The van der Waals surface area contributed by atoms with E-state index in [-0.39, 0.29) is 23.6 Å². The van der Waals surface area contributed by atoms with Gasteiger partial charge in [0.05, 0.1) is 5.41 Å². The van der Waals surface area contributed by atoms with Crippen molar-refractivity contribution in [1.29, 1.82) is 0 Å². The molecule has 2 aliphatic rings. The summed E-state index contributed by atoms with van der Waals surface area (Å²) in [6.07, 6.45) is 4.60. The van der Waals surface area contributed by atoms with Gasteiger partial charge in [-0.15, -0.1) is 0 Å². The van der Waals surface area contributed by atoms with Crippen molar-refractivity contribution >= 4 is 17.6 Å². The quantitative estimate of drug-likeness (QED) is 0.746. The summed E-state index contributed by atoms with van der Waals surface area (Å²) >= 11 is 0. The number of carbonyl (C=O) groups excluding carboxylic acids is 2. The van der Waals surface area contributed by atoms with Crippen molar-refractivity contribution in [2.24, 2.45) is 11.3 Å². The van der Waals surface area contributed by atoms with Crippen LogP contribution in [-0.2, 0) is 14.3 Å². The third-order valence-electron chi connectivity index (χ3n) is 5.46. The molecule has 0 unspecified atom stereocenters. The fourth-order valence-electron chi connectivity index (χ4n) is 4.41. The van der Waals surface area contributed by atoms with E-state index < -0.39 is 11.0 Å². The van der Waals surface area contributed by atoms with Crippen molar-refractivity contribution in [1.82, 2.24) is 0 Å². The topological polar surface area (TPSA) is 46.6 Å². The lowest BCUT2D eigenvalue weighted by Gasteiger charge is -2.36. The zero-order valence-corrected chi connectivity index (χ0v) is 15.9. The number of nitrogens with zero attached hydrogens (tertiary/aromatic N) is 1. The second-order valence-corrected chi connectivity index (χ2v) is 8.72. The number of hydrogen-bond donors (Lipinski definition) is 0. The number of carbonyl (C=O) groups is 2. The van der Waals surface area contributed by atoms with Crippen LogP contribution in [0.1, 0.15) is 59.3 Å². The molecule has 142 valence electrons. The van der Waals surface area contributed by atoms with Gasteiger partial charge in [-0.3, -0.25) is 9.59 Å². The van der Waals surface area contributed by atoms with Gasteiger partial charge < -0.3 is 9.64 Å². The normalized spacial score (nSPS) is 26.4. The summed E-state index contributed by atoms with van der Waals surface area (Å²) < 4.78 is 19.0. The van der Waals surface area contributed by atoms with Crippen LogP contribution in [0.5, 0.6) is 0 Å². The molecule has 1 heterocycles. The molecule has 1 aliphatic carbocycles. The molecule has 3 rings (SSSR count). The van der Waals surface area contributed by atoms with Gasteiger partial charge in [0.15, 0.2) is 0 Å². The van der Waals surface area contributed by atoms with Gasteiger partial charge in [0, 0.05) is 18.7 Å². The van der Waals surface area contributed by atoms with Crippen molar-refractivity contribution in [2.45, 2.75) is 64.9 Å². The molecule has 0 aromatic heterocycles. The SMILES string of the molecule is CC(C)(C)OC(=O)C[C@H]1CCC[C@]2(CCN(c3cccc(F)c3)C2=O)C1. The monoisotopic (exact) mass is 361 g/mol. The van der Waals surface area contributed by atoms with Crippen molar-refractivity contribution in [2.75, 3.05) is 11.4 Å². The third-order valence-corrected chi connectivity index (χ3v) is 5.46. The maximum atomic E-state index is 13.5. The number of anilines is 1. The smallest absolute Gasteiger partial charge is 0.306 e. The van der Waals surface area contributed by atoms with Crippen molar-refractivity contribution in [3.63, 3.8) is 0 Å². The first-order valence-electron chi connectivity index (χ1n) is 9.48. The van der Waals surface area contributed by atoms with Crippen molar-refractivity contribution in [3.05, 3.63) is 30.1 Å². The number of amides is 1. The molecule has 1 amide bonds. The van der Waals surface area contributed by atoms with Crippen LogP contribution in [0.25, 0.3) is 0 Å². The molecular weight excluding hydrogens is 333 g/mol. The van der Waals surface area contributed by atoms with E-state index in [1.807, 2.05) is 20.8 Å². The highest BCUT2D eigenvalue weighted by atomic mass is 19.1. The molecule has 2 fully saturated rings. The number of rotatable bonds is 3. The molecule has 0 N–H and O–H groups in total. The fourth-order valence-corrected chi connectivity index (χ4v) is 4.41. The first-order chi connectivity index (χ1) is 12.2. The predicted octanol–water partition coefficient (Wildman–Crippen LogP) is 4.47. The van der Waals surface area contributed by atoms with Gasteiger partial charge in [0.1, 0.15) is 11.4 Å². The van der Waals surface area contributed by atoms with Gasteiger partial charge >= 0.3 is 5.97 Å². The van der Waals surface area contributed by atoms with E-state index in [1.54, 1.807) is 17.0 Å². The molecule has 1 aromatic rings. The summed E-state index contributed by atoms with van der Waals surface area (Å²) in [4.78, 5) is 27.0. The number of benzene rings is 1. The number of halogens is 1. The summed E-state index contributed by atoms with van der Waals surface area (Å²) in [5.74, 6) is -0.262. The van der Waals surface area contributed by atoms with Gasteiger partial charge in [0.2, 0.25) is 5.91 Å². The standard InChI is InChI=1S/C21H28FNO3/c1-20(2,3)26-18(24)12-15-6-5-9-21(14-15)10-11-23(19(21)25)17-8-4-7-16(22)13-17/h4,7-8,13,15H,5-6,9-12,14H2,1-3H3/t15-,21+/m1/s1. The van der Waals surface area contributed by atoms with Crippen LogP contribution in [0.2, 0.25) is 0 Å². The van der Waals surface area contributed by atoms with Crippen molar-refractivity contribution < 1.29 is 18.7 Å². The Kier molecular flexibility index (Phi) is 5.09.